The molecule has 0 saturated carbocycles. The fraction of sp³-hybridized carbons (Fsp3) is 0.769. The predicted molar refractivity (Wildman–Crippen MR) is 72.3 cm³/mol. The Morgan fingerprint density at radius 2 is 2.00 bits per heavy atom. The van der Waals surface area contributed by atoms with Crippen LogP contribution in [0.4, 0.5) is 13.2 Å². The monoisotopic (exact) mass is 294 g/mol. The quantitative estimate of drug-likeness (QED) is 0.698. The normalized spacial score (nSPS) is 13.7. The van der Waals surface area contributed by atoms with Gasteiger partial charge < -0.3 is 5.32 Å². The van der Waals surface area contributed by atoms with Gasteiger partial charge in [0.2, 0.25) is 0 Å². The van der Waals surface area contributed by atoms with Gasteiger partial charge in [-0.2, -0.15) is 13.2 Å². The molecular weight excluding hydrogens is 273 g/mol. The SMILES string of the molecule is CCCCCCC(NCC)c1cnc(C(F)(F)F)s1. The van der Waals surface area contributed by atoms with Gasteiger partial charge in [-0.15, -0.1) is 11.3 Å². The minimum absolute atomic E-state index is 0.00421. The molecule has 19 heavy (non-hydrogen) atoms. The molecule has 1 heterocycles. The van der Waals surface area contributed by atoms with Crippen LogP contribution < -0.4 is 5.32 Å². The third-order valence-electron chi connectivity index (χ3n) is 2.91. The van der Waals surface area contributed by atoms with Crippen molar-refractivity contribution in [1.29, 1.82) is 0 Å². The Hall–Kier alpha value is -0.620. The van der Waals surface area contributed by atoms with Gasteiger partial charge in [-0.3, -0.25) is 0 Å². The molecule has 1 rings (SSSR count). The van der Waals surface area contributed by atoms with Crippen molar-refractivity contribution in [2.24, 2.45) is 0 Å². The second kappa shape index (κ2) is 7.85. The summed E-state index contributed by atoms with van der Waals surface area (Å²) in [6.45, 7) is 4.85. The summed E-state index contributed by atoms with van der Waals surface area (Å²) in [6, 6.07) is -0.00421. The summed E-state index contributed by atoms with van der Waals surface area (Å²) in [5, 5.41) is 2.49. The fourth-order valence-electron chi connectivity index (χ4n) is 1.95. The van der Waals surface area contributed by atoms with Gasteiger partial charge in [0.15, 0.2) is 5.01 Å². The van der Waals surface area contributed by atoms with E-state index < -0.39 is 11.2 Å². The molecule has 0 saturated heterocycles. The van der Waals surface area contributed by atoms with E-state index in [-0.39, 0.29) is 6.04 Å². The van der Waals surface area contributed by atoms with Crippen LogP contribution in [0.15, 0.2) is 6.20 Å². The molecule has 0 fully saturated rings. The summed E-state index contributed by atoms with van der Waals surface area (Å²) in [5.74, 6) is 0. The topological polar surface area (TPSA) is 24.9 Å². The van der Waals surface area contributed by atoms with E-state index in [1.807, 2.05) is 6.92 Å². The van der Waals surface area contributed by atoms with Gasteiger partial charge in [-0.05, 0) is 13.0 Å². The molecule has 0 aliphatic carbocycles. The van der Waals surface area contributed by atoms with E-state index in [0.29, 0.717) is 4.88 Å². The summed E-state index contributed by atoms with van der Waals surface area (Å²) in [6.07, 6.45) is 2.39. The number of alkyl halides is 3. The molecule has 1 N–H and O–H groups in total. The Kier molecular flexibility index (Phi) is 6.79. The minimum atomic E-state index is -4.33. The molecule has 1 unspecified atom stereocenters. The third-order valence-corrected chi connectivity index (χ3v) is 4.06. The van der Waals surface area contributed by atoms with E-state index >= 15 is 0 Å². The number of nitrogens with zero attached hydrogens (tertiary/aromatic N) is 1. The zero-order valence-corrected chi connectivity index (χ0v) is 12.2. The smallest absolute Gasteiger partial charge is 0.309 e. The molecule has 1 aromatic heterocycles. The molecule has 0 amide bonds. The van der Waals surface area contributed by atoms with Crippen LogP contribution >= 0.6 is 11.3 Å². The van der Waals surface area contributed by atoms with E-state index in [1.54, 1.807) is 0 Å². The molecule has 0 aromatic carbocycles. The molecule has 1 aromatic rings. The summed E-state index contributed by atoms with van der Waals surface area (Å²) >= 11 is 0.753. The minimum Gasteiger partial charge on any atom is -0.309 e. The van der Waals surface area contributed by atoms with Gasteiger partial charge in [-0.1, -0.05) is 39.5 Å². The van der Waals surface area contributed by atoms with E-state index in [0.717, 1.165) is 43.6 Å². The number of hydrogen-bond acceptors (Lipinski definition) is 3. The average molecular weight is 294 g/mol. The van der Waals surface area contributed by atoms with E-state index in [2.05, 4.69) is 17.2 Å². The first-order valence-electron chi connectivity index (χ1n) is 6.75. The second-order valence-corrected chi connectivity index (χ2v) is 5.59. The van der Waals surface area contributed by atoms with Crippen LogP contribution in [-0.2, 0) is 6.18 Å². The lowest BCUT2D eigenvalue weighted by molar-refractivity contribution is -0.137. The highest BCUT2D eigenvalue weighted by atomic mass is 32.1. The van der Waals surface area contributed by atoms with Crippen molar-refractivity contribution in [3.05, 3.63) is 16.1 Å². The molecule has 0 spiro atoms. The Bertz CT molecular complexity index is 363. The highest BCUT2D eigenvalue weighted by Gasteiger charge is 2.35. The number of nitrogens with one attached hydrogen (secondary N) is 1. The molecule has 6 heteroatoms. The predicted octanol–water partition coefficient (Wildman–Crippen LogP) is 4.78. The molecule has 1 atom stereocenters. The van der Waals surface area contributed by atoms with Crippen molar-refractivity contribution in [1.82, 2.24) is 10.3 Å². The van der Waals surface area contributed by atoms with Gasteiger partial charge in [0.05, 0.1) is 0 Å². The van der Waals surface area contributed by atoms with Crippen LogP contribution in [0.1, 0.15) is 61.9 Å². The van der Waals surface area contributed by atoms with Gasteiger partial charge in [0.1, 0.15) is 0 Å². The summed E-state index contributed by atoms with van der Waals surface area (Å²) in [4.78, 5) is 4.17. The van der Waals surface area contributed by atoms with Crippen molar-refractivity contribution in [2.45, 2.75) is 58.2 Å². The summed E-state index contributed by atoms with van der Waals surface area (Å²) < 4.78 is 37.6. The highest BCUT2D eigenvalue weighted by molar-refractivity contribution is 7.11. The van der Waals surface area contributed by atoms with Crippen molar-refractivity contribution < 1.29 is 13.2 Å². The Morgan fingerprint density at radius 3 is 2.53 bits per heavy atom. The van der Waals surface area contributed by atoms with Crippen LogP contribution in [0.2, 0.25) is 0 Å². The van der Waals surface area contributed by atoms with Gasteiger partial charge in [-0.25, -0.2) is 4.98 Å². The first kappa shape index (κ1) is 16.4. The van der Waals surface area contributed by atoms with Crippen molar-refractivity contribution in [3.63, 3.8) is 0 Å². The Morgan fingerprint density at radius 1 is 1.26 bits per heavy atom. The average Bonchev–Trinajstić information content (AvgIpc) is 2.82. The van der Waals surface area contributed by atoms with Crippen LogP contribution in [0.5, 0.6) is 0 Å². The van der Waals surface area contributed by atoms with Crippen LogP contribution in [0.3, 0.4) is 0 Å². The van der Waals surface area contributed by atoms with Crippen LogP contribution in [0, 0.1) is 0 Å². The number of aromatic nitrogens is 1. The molecule has 110 valence electrons. The van der Waals surface area contributed by atoms with Crippen LogP contribution in [-0.4, -0.2) is 11.5 Å². The molecule has 0 aliphatic rings. The lowest BCUT2D eigenvalue weighted by Crippen LogP contribution is -2.19. The Balaban J connectivity index is 2.62. The van der Waals surface area contributed by atoms with Gasteiger partial charge >= 0.3 is 6.18 Å². The van der Waals surface area contributed by atoms with Crippen molar-refractivity contribution in [3.8, 4) is 0 Å². The maximum atomic E-state index is 12.5. The highest BCUT2D eigenvalue weighted by Crippen LogP contribution is 2.35. The number of thiazole rings is 1. The third kappa shape index (κ3) is 5.48. The van der Waals surface area contributed by atoms with Crippen molar-refractivity contribution >= 4 is 11.3 Å². The van der Waals surface area contributed by atoms with Gasteiger partial charge in [0.25, 0.3) is 0 Å². The number of unbranched alkanes of at least 4 members (excludes halogenated alkanes) is 3. The lowest BCUT2D eigenvalue weighted by atomic mass is 10.1. The molecule has 0 radical (unpaired) electrons. The van der Waals surface area contributed by atoms with E-state index in [9.17, 15) is 13.2 Å². The van der Waals surface area contributed by atoms with E-state index in [4.69, 9.17) is 0 Å². The number of hydrogen-bond donors (Lipinski definition) is 1. The zero-order valence-electron chi connectivity index (χ0n) is 11.4. The number of rotatable bonds is 8. The molecular formula is C13H21F3N2S. The second-order valence-electron chi connectivity index (χ2n) is 4.53. The summed E-state index contributed by atoms with van der Waals surface area (Å²) in [7, 11) is 0. The standard InChI is InChI=1S/C13H21F3N2S/c1-3-5-6-7-8-10(17-4-2)11-9-18-12(19-11)13(14,15)16/h9-10,17H,3-8H2,1-2H3. The molecule has 2 nitrogen and oxygen atoms in total. The van der Waals surface area contributed by atoms with Gasteiger partial charge in [0, 0.05) is 17.1 Å². The maximum Gasteiger partial charge on any atom is 0.443 e. The maximum absolute atomic E-state index is 12.5. The fourth-order valence-corrected chi connectivity index (χ4v) is 2.84. The molecule has 0 bridgehead atoms. The first-order valence-corrected chi connectivity index (χ1v) is 7.57. The first-order chi connectivity index (χ1) is 8.99. The van der Waals surface area contributed by atoms with Crippen molar-refractivity contribution in [2.75, 3.05) is 6.54 Å². The molecule has 0 aliphatic heterocycles. The summed E-state index contributed by atoms with van der Waals surface area (Å²) in [5.41, 5.74) is 0. The largest absolute Gasteiger partial charge is 0.443 e. The van der Waals surface area contributed by atoms with Crippen LogP contribution in [0.25, 0.3) is 0 Å². The zero-order chi connectivity index (χ0) is 14.3. The van der Waals surface area contributed by atoms with E-state index in [1.165, 1.54) is 12.6 Å². The number of halogens is 3. The Labute approximate surface area is 116 Å². The lowest BCUT2D eigenvalue weighted by Gasteiger charge is -2.15.